The summed E-state index contributed by atoms with van der Waals surface area (Å²) in [6.45, 7) is 4.09. The number of amides is 1. The first kappa shape index (κ1) is 14.9. The normalized spacial score (nSPS) is 11.7. The molecule has 1 amide bonds. The Hall–Kier alpha value is -1.13. The number of anilines is 1. The number of thiocarbonyl (C=S) groups is 1. The summed E-state index contributed by atoms with van der Waals surface area (Å²) < 4.78 is 0. The van der Waals surface area contributed by atoms with E-state index >= 15 is 0 Å². The summed E-state index contributed by atoms with van der Waals surface area (Å²) in [7, 11) is 0. The number of hydrogen-bond acceptors (Lipinski definition) is 2. The number of carbonyl (C=O) groups excluding carboxylic acids is 1. The molecule has 18 heavy (non-hydrogen) atoms. The van der Waals surface area contributed by atoms with Crippen molar-refractivity contribution in [2.75, 3.05) is 5.32 Å². The van der Waals surface area contributed by atoms with Crippen molar-refractivity contribution in [3.05, 3.63) is 29.3 Å². The zero-order valence-corrected chi connectivity index (χ0v) is 12.1. The lowest BCUT2D eigenvalue weighted by Gasteiger charge is -2.11. The smallest absolute Gasteiger partial charge is 0.226 e. The van der Waals surface area contributed by atoms with Crippen LogP contribution in [0.3, 0.4) is 0 Å². The monoisotopic (exact) mass is 284 g/mol. The Labute approximate surface area is 118 Å². The predicted molar refractivity (Wildman–Crippen MR) is 79.9 cm³/mol. The van der Waals surface area contributed by atoms with Crippen molar-refractivity contribution in [3.63, 3.8) is 0 Å². The second-order valence-electron chi connectivity index (χ2n) is 4.23. The number of carbonyl (C=O) groups is 1. The Morgan fingerprint density at radius 1 is 1.39 bits per heavy atom. The third kappa shape index (κ3) is 5.47. The van der Waals surface area contributed by atoms with Crippen LogP contribution in [0.2, 0.25) is 5.02 Å². The van der Waals surface area contributed by atoms with E-state index < -0.39 is 0 Å². The summed E-state index contributed by atoms with van der Waals surface area (Å²) in [4.78, 5) is 11.6. The fraction of sp³-hybridized carbons (Fsp3) is 0.385. The largest absolute Gasteiger partial charge is 0.332 e. The van der Waals surface area contributed by atoms with E-state index in [-0.39, 0.29) is 5.91 Å². The van der Waals surface area contributed by atoms with Crippen LogP contribution in [0.4, 0.5) is 5.69 Å². The molecule has 0 aromatic heterocycles. The Kier molecular flexibility index (Phi) is 6.09. The van der Waals surface area contributed by atoms with Crippen molar-refractivity contribution < 1.29 is 4.79 Å². The maximum atomic E-state index is 11.6. The zero-order valence-electron chi connectivity index (χ0n) is 10.5. The summed E-state index contributed by atoms with van der Waals surface area (Å²) in [5.41, 5.74) is 0.799. The van der Waals surface area contributed by atoms with Crippen LogP contribution >= 0.6 is 23.8 Å². The maximum absolute atomic E-state index is 11.6. The quantitative estimate of drug-likeness (QED) is 0.830. The highest BCUT2D eigenvalue weighted by atomic mass is 35.5. The molecular weight excluding hydrogens is 268 g/mol. The molecule has 0 heterocycles. The molecule has 0 radical (unpaired) electrons. The molecule has 0 aliphatic rings. The van der Waals surface area contributed by atoms with E-state index in [1.165, 1.54) is 0 Å². The van der Waals surface area contributed by atoms with Gasteiger partial charge in [-0.15, -0.1) is 0 Å². The van der Waals surface area contributed by atoms with E-state index in [1.807, 2.05) is 6.92 Å². The standard InChI is InChI=1S/C13H17ClN2OS/c1-3-9(2)8-12(17)16-13(18)15-11-6-4-10(14)5-7-11/h4-7,9H,3,8H2,1-2H3,(H2,15,16,17,18). The molecule has 1 atom stereocenters. The second kappa shape index (κ2) is 7.34. The summed E-state index contributed by atoms with van der Waals surface area (Å²) in [5.74, 6) is 0.305. The highest BCUT2D eigenvalue weighted by Crippen LogP contribution is 2.13. The van der Waals surface area contributed by atoms with Crippen molar-refractivity contribution in [3.8, 4) is 0 Å². The fourth-order valence-corrected chi connectivity index (χ4v) is 1.69. The lowest BCUT2D eigenvalue weighted by Crippen LogP contribution is -2.34. The Morgan fingerprint density at radius 2 is 2.00 bits per heavy atom. The van der Waals surface area contributed by atoms with E-state index in [0.29, 0.717) is 22.5 Å². The van der Waals surface area contributed by atoms with Crippen molar-refractivity contribution in [2.24, 2.45) is 5.92 Å². The topological polar surface area (TPSA) is 41.1 Å². The minimum atomic E-state index is -0.0594. The number of rotatable bonds is 4. The Balaban J connectivity index is 2.42. The van der Waals surface area contributed by atoms with Crippen LogP contribution in [0, 0.1) is 5.92 Å². The van der Waals surface area contributed by atoms with Gasteiger partial charge in [-0.3, -0.25) is 4.79 Å². The van der Waals surface area contributed by atoms with E-state index in [2.05, 4.69) is 17.6 Å². The Morgan fingerprint density at radius 3 is 2.56 bits per heavy atom. The summed E-state index contributed by atoms with van der Waals surface area (Å²) in [6.07, 6.45) is 1.46. The van der Waals surface area contributed by atoms with Crippen molar-refractivity contribution >= 4 is 40.5 Å². The van der Waals surface area contributed by atoms with Crippen LogP contribution < -0.4 is 10.6 Å². The number of benzene rings is 1. The van der Waals surface area contributed by atoms with Gasteiger partial charge in [0.05, 0.1) is 0 Å². The molecule has 2 N–H and O–H groups in total. The van der Waals surface area contributed by atoms with Crippen LogP contribution in [0.15, 0.2) is 24.3 Å². The first-order valence-corrected chi connectivity index (χ1v) is 6.66. The van der Waals surface area contributed by atoms with Gasteiger partial charge in [-0.05, 0) is 42.4 Å². The van der Waals surface area contributed by atoms with Crippen molar-refractivity contribution in [2.45, 2.75) is 26.7 Å². The first-order chi connectivity index (χ1) is 8.51. The summed E-state index contributed by atoms with van der Waals surface area (Å²) >= 11 is 10.8. The van der Waals surface area contributed by atoms with Gasteiger partial charge < -0.3 is 10.6 Å². The molecule has 1 unspecified atom stereocenters. The van der Waals surface area contributed by atoms with Gasteiger partial charge in [0.25, 0.3) is 0 Å². The minimum Gasteiger partial charge on any atom is -0.332 e. The van der Waals surface area contributed by atoms with E-state index in [1.54, 1.807) is 24.3 Å². The minimum absolute atomic E-state index is 0.0594. The van der Waals surface area contributed by atoms with Gasteiger partial charge in [0, 0.05) is 17.1 Å². The van der Waals surface area contributed by atoms with E-state index in [9.17, 15) is 4.79 Å². The molecule has 1 rings (SSSR count). The Bertz CT molecular complexity index is 420. The average Bonchev–Trinajstić information content (AvgIpc) is 2.31. The highest BCUT2D eigenvalue weighted by molar-refractivity contribution is 7.80. The molecule has 0 aliphatic carbocycles. The third-order valence-corrected chi connectivity index (χ3v) is 3.04. The van der Waals surface area contributed by atoms with E-state index in [0.717, 1.165) is 12.1 Å². The van der Waals surface area contributed by atoms with Gasteiger partial charge >= 0.3 is 0 Å². The van der Waals surface area contributed by atoms with Crippen molar-refractivity contribution in [1.82, 2.24) is 5.32 Å². The van der Waals surface area contributed by atoms with Gasteiger partial charge in [0.15, 0.2) is 5.11 Å². The molecule has 0 fully saturated rings. The molecule has 98 valence electrons. The van der Waals surface area contributed by atoms with Crippen LogP contribution in [0.25, 0.3) is 0 Å². The molecule has 0 saturated carbocycles. The van der Waals surface area contributed by atoms with Gasteiger partial charge in [0.2, 0.25) is 5.91 Å². The van der Waals surface area contributed by atoms with Gasteiger partial charge in [-0.25, -0.2) is 0 Å². The number of hydrogen-bond donors (Lipinski definition) is 2. The maximum Gasteiger partial charge on any atom is 0.226 e. The molecular formula is C13H17ClN2OS. The molecule has 5 heteroatoms. The molecule has 3 nitrogen and oxygen atoms in total. The predicted octanol–water partition coefficient (Wildman–Crippen LogP) is 3.59. The SMILES string of the molecule is CCC(C)CC(=O)NC(=S)Nc1ccc(Cl)cc1. The highest BCUT2D eigenvalue weighted by Gasteiger charge is 2.08. The van der Waals surface area contributed by atoms with Crippen molar-refractivity contribution in [1.29, 1.82) is 0 Å². The summed E-state index contributed by atoms with van der Waals surface area (Å²) in [5, 5.41) is 6.56. The molecule has 0 spiro atoms. The van der Waals surface area contributed by atoms with Crippen LogP contribution in [0.5, 0.6) is 0 Å². The third-order valence-electron chi connectivity index (χ3n) is 2.59. The molecule has 1 aromatic carbocycles. The van der Waals surface area contributed by atoms with E-state index in [4.69, 9.17) is 23.8 Å². The average molecular weight is 285 g/mol. The number of nitrogens with one attached hydrogen (secondary N) is 2. The van der Waals surface area contributed by atoms with Gasteiger partial charge in [-0.1, -0.05) is 31.9 Å². The number of halogens is 1. The van der Waals surface area contributed by atoms with Gasteiger partial charge in [-0.2, -0.15) is 0 Å². The molecule has 0 aliphatic heterocycles. The lowest BCUT2D eigenvalue weighted by atomic mass is 10.1. The van der Waals surface area contributed by atoms with Crippen LogP contribution in [-0.2, 0) is 4.79 Å². The van der Waals surface area contributed by atoms with Gasteiger partial charge in [0.1, 0.15) is 0 Å². The first-order valence-electron chi connectivity index (χ1n) is 5.87. The zero-order chi connectivity index (χ0) is 13.5. The van der Waals surface area contributed by atoms with Crippen LogP contribution in [0.1, 0.15) is 26.7 Å². The fourth-order valence-electron chi connectivity index (χ4n) is 1.33. The lowest BCUT2D eigenvalue weighted by molar-refractivity contribution is -0.120. The molecule has 1 aromatic rings. The second-order valence-corrected chi connectivity index (χ2v) is 5.07. The molecule has 0 bridgehead atoms. The summed E-state index contributed by atoms with van der Waals surface area (Å²) in [6, 6.07) is 7.12. The molecule has 0 saturated heterocycles. The van der Waals surface area contributed by atoms with Crippen LogP contribution in [-0.4, -0.2) is 11.0 Å².